The van der Waals surface area contributed by atoms with E-state index in [-0.39, 0.29) is 16.8 Å². The Hall–Kier alpha value is -1.57. The van der Waals surface area contributed by atoms with Crippen LogP contribution in [0.5, 0.6) is 0 Å². The first-order chi connectivity index (χ1) is 12.5. The molecule has 3 aromatic rings. The molecule has 0 aliphatic carbocycles. The molecule has 26 heavy (non-hydrogen) atoms. The van der Waals surface area contributed by atoms with Crippen LogP contribution in [0.4, 0.5) is 0 Å². The van der Waals surface area contributed by atoms with E-state index in [1.54, 1.807) is 28.8 Å². The van der Waals surface area contributed by atoms with E-state index >= 15 is 0 Å². The zero-order valence-electron chi connectivity index (χ0n) is 13.4. The van der Waals surface area contributed by atoms with Gasteiger partial charge in [-0.1, -0.05) is 46.3 Å². The lowest BCUT2D eigenvalue weighted by molar-refractivity contribution is 0.0756. The lowest BCUT2D eigenvalue weighted by atomic mass is 10.1. The predicted molar refractivity (Wildman–Crippen MR) is 111 cm³/mol. The number of benzene rings is 2. The molecule has 1 aliphatic heterocycles. The van der Waals surface area contributed by atoms with Gasteiger partial charge in [0.2, 0.25) is 0 Å². The summed E-state index contributed by atoms with van der Waals surface area (Å²) < 4.78 is 6.92. The zero-order chi connectivity index (χ0) is 18.3. The summed E-state index contributed by atoms with van der Waals surface area (Å²) >= 11 is 8.51. The van der Waals surface area contributed by atoms with Gasteiger partial charge in [0.1, 0.15) is 10.9 Å². The number of thioether (sulfide) groups is 1. The van der Waals surface area contributed by atoms with Gasteiger partial charge in [0, 0.05) is 22.2 Å². The average Bonchev–Trinajstić information content (AvgIpc) is 3.12. The molecule has 132 valence electrons. The number of carbonyl (C=O) groups is 1. The Morgan fingerprint density at radius 1 is 1.15 bits per heavy atom. The first kappa shape index (κ1) is 17.8. The van der Waals surface area contributed by atoms with Gasteiger partial charge in [-0.05, 0) is 39.7 Å². The van der Waals surface area contributed by atoms with Crippen molar-refractivity contribution < 1.29 is 9.21 Å². The summed E-state index contributed by atoms with van der Waals surface area (Å²) in [4.78, 5) is 27.3. The van der Waals surface area contributed by atoms with Crippen molar-refractivity contribution in [2.45, 2.75) is 5.37 Å². The number of nitrogens with zero attached hydrogens (tertiary/aromatic N) is 1. The molecule has 1 saturated heterocycles. The molecule has 1 aliphatic rings. The molecule has 0 spiro atoms. The summed E-state index contributed by atoms with van der Waals surface area (Å²) in [6.45, 7) is 0.600. The van der Waals surface area contributed by atoms with Crippen LogP contribution in [-0.2, 0) is 0 Å². The molecular weight excluding hydrogens is 482 g/mol. The predicted octanol–water partition coefficient (Wildman–Crippen LogP) is 5.21. The Morgan fingerprint density at radius 2 is 1.92 bits per heavy atom. The molecule has 1 amide bonds. The highest BCUT2D eigenvalue weighted by atomic mass is 79.9. The van der Waals surface area contributed by atoms with E-state index in [0.717, 1.165) is 15.8 Å². The number of hydrogen-bond acceptors (Lipinski definition) is 4. The van der Waals surface area contributed by atoms with Crippen LogP contribution in [0.1, 0.15) is 21.3 Å². The summed E-state index contributed by atoms with van der Waals surface area (Å²) in [5, 5.41) is 0.602. The van der Waals surface area contributed by atoms with Crippen LogP contribution in [0.25, 0.3) is 11.0 Å². The summed E-state index contributed by atoms with van der Waals surface area (Å²) in [5.74, 6) is 0.539. The second-order valence-electron chi connectivity index (χ2n) is 5.89. The van der Waals surface area contributed by atoms with Gasteiger partial charge >= 0.3 is 5.63 Å². The van der Waals surface area contributed by atoms with Gasteiger partial charge < -0.3 is 9.32 Å². The van der Waals surface area contributed by atoms with Crippen LogP contribution in [-0.4, -0.2) is 23.1 Å². The van der Waals surface area contributed by atoms with Crippen molar-refractivity contribution in [3.05, 3.63) is 79.0 Å². The maximum absolute atomic E-state index is 13.1. The third kappa shape index (κ3) is 3.23. The highest BCUT2D eigenvalue weighted by Gasteiger charge is 2.32. The zero-order valence-corrected chi connectivity index (χ0v) is 17.4. The molecule has 1 fully saturated rings. The van der Waals surface area contributed by atoms with Crippen LogP contribution >= 0.6 is 43.6 Å². The topological polar surface area (TPSA) is 50.5 Å². The largest absolute Gasteiger partial charge is 0.421 e. The lowest BCUT2D eigenvalue weighted by Gasteiger charge is -2.23. The fourth-order valence-corrected chi connectivity index (χ4v) is 5.63. The SMILES string of the molecule is O=C(c1cc2cc(Br)cc(Br)c2oc1=O)N1CCS[C@H]1c1ccccc1. The molecule has 0 saturated carbocycles. The standard InChI is InChI=1S/C19H13Br2NO3S/c20-13-8-12-9-14(19(24)25-16(12)15(21)10-13)17(23)22-6-7-26-18(22)11-4-2-1-3-5-11/h1-5,8-10,18H,6-7H2/t18-/m0/s1. The van der Waals surface area contributed by atoms with Crippen molar-refractivity contribution in [3.63, 3.8) is 0 Å². The normalized spacial score (nSPS) is 17.0. The Kier molecular flexibility index (Phi) is 4.94. The van der Waals surface area contributed by atoms with Crippen LogP contribution in [0.2, 0.25) is 0 Å². The van der Waals surface area contributed by atoms with E-state index in [0.29, 0.717) is 22.0 Å². The first-order valence-corrected chi connectivity index (χ1v) is 10.6. The maximum atomic E-state index is 13.1. The van der Waals surface area contributed by atoms with Crippen molar-refractivity contribution in [1.29, 1.82) is 0 Å². The van der Waals surface area contributed by atoms with Crippen molar-refractivity contribution in [2.24, 2.45) is 0 Å². The number of fused-ring (bicyclic) bond motifs is 1. The minimum atomic E-state index is -0.616. The van der Waals surface area contributed by atoms with Crippen molar-refractivity contribution in [2.75, 3.05) is 12.3 Å². The summed E-state index contributed by atoms with van der Waals surface area (Å²) in [5.41, 5.74) is 0.935. The Bertz CT molecular complexity index is 1050. The highest BCUT2D eigenvalue weighted by molar-refractivity contribution is 9.11. The molecule has 0 bridgehead atoms. The van der Waals surface area contributed by atoms with E-state index in [4.69, 9.17) is 4.42 Å². The number of carbonyl (C=O) groups excluding carboxylic acids is 1. The smallest absolute Gasteiger partial charge is 0.349 e. The maximum Gasteiger partial charge on any atom is 0.349 e. The molecule has 2 heterocycles. The number of halogens is 2. The minimum Gasteiger partial charge on any atom is -0.421 e. The second kappa shape index (κ2) is 7.21. The van der Waals surface area contributed by atoms with Crippen LogP contribution in [0.3, 0.4) is 0 Å². The average molecular weight is 495 g/mol. The molecule has 4 nitrogen and oxygen atoms in total. The van der Waals surface area contributed by atoms with Gasteiger partial charge in [-0.3, -0.25) is 4.79 Å². The van der Waals surface area contributed by atoms with Crippen molar-refractivity contribution in [1.82, 2.24) is 4.90 Å². The number of hydrogen-bond donors (Lipinski definition) is 0. The molecule has 0 N–H and O–H groups in total. The van der Waals surface area contributed by atoms with Crippen molar-refractivity contribution in [3.8, 4) is 0 Å². The summed E-state index contributed by atoms with van der Waals surface area (Å²) in [6.07, 6.45) is 0. The molecule has 2 aromatic carbocycles. The summed E-state index contributed by atoms with van der Waals surface area (Å²) in [7, 11) is 0. The van der Waals surface area contributed by atoms with E-state index in [2.05, 4.69) is 31.9 Å². The molecule has 4 rings (SSSR count). The Labute approximate surface area is 170 Å². The molecule has 0 unspecified atom stereocenters. The van der Waals surface area contributed by atoms with Gasteiger partial charge in [0.25, 0.3) is 5.91 Å². The van der Waals surface area contributed by atoms with Gasteiger partial charge in [0.05, 0.1) is 4.47 Å². The van der Waals surface area contributed by atoms with Crippen LogP contribution < -0.4 is 5.63 Å². The second-order valence-corrected chi connectivity index (χ2v) is 8.84. The number of rotatable bonds is 2. The highest BCUT2D eigenvalue weighted by Crippen LogP contribution is 2.38. The molecule has 1 aromatic heterocycles. The van der Waals surface area contributed by atoms with E-state index < -0.39 is 5.63 Å². The third-order valence-corrected chi connectivity index (χ3v) is 6.53. The molecule has 0 radical (unpaired) electrons. The monoisotopic (exact) mass is 493 g/mol. The summed E-state index contributed by atoms with van der Waals surface area (Å²) in [6, 6.07) is 15.1. The van der Waals surface area contributed by atoms with Gasteiger partial charge in [-0.15, -0.1) is 11.8 Å². The molecule has 1 atom stereocenters. The molecule has 7 heteroatoms. The van der Waals surface area contributed by atoms with Crippen LogP contribution in [0.15, 0.2) is 66.7 Å². The van der Waals surface area contributed by atoms with E-state index in [1.807, 2.05) is 36.4 Å². The fourth-order valence-electron chi connectivity index (χ4n) is 3.03. The third-order valence-electron chi connectivity index (χ3n) is 4.22. The van der Waals surface area contributed by atoms with Gasteiger partial charge in [-0.2, -0.15) is 0 Å². The number of amides is 1. The van der Waals surface area contributed by atoms with Gasteiger partial charge in [0.15, 0.2) is 5.58 Å². The van der Waals surface area contributed by atoms with Crippen molar-refractivity contribution >= 4 is 60.5 Å². The fraction of sp³-hybridized carbons (Fsp3) is 0.158. The Balaban J connectivity index is 1.76. The quantitative estimate of drug-likeness (QED) is 0.459. The lowest BCUT2D eigenvalue weighted by Crippen LogP contribution is -2.33. The molecular formula is C19H13Br2NO3S. The Morgan fingerprint density at radius 3 is 2.69 bits per heavy atom. The first-order valence-electron chi connectivity index (χ1n) is 7.95. The van der Waals surface area contributed by atoms with E-state index in [9.17, 15) is 9.59 Å². The minimum absolute atomic E-state index is 0.0610. The van der Waals surface area contributed by atoms with E-state index in [1.165, 1.54) is 0 Å². The van der Waals surface area contributed by atoms with Gasteiger partial charge in [-0.25, -0.2) is 4.79 Å². The van der Waals surface area contributed by atoms with Crippen LogP contribution in [0, 0.1) is 0 Å².